The van der Waals surface area contributed by atoms with Gasteiger partial charge in [0, 0.05) is 22.6 Å². The molecule has 2 aliphatic heterocycles. The number of carbonyl (C=O) groups excluding carboxylic acids is 1. The molecule has 0 fully saturated rings. The number of hydrogen-bond acceptors (Lipinski definition) is 6. The lowest BCUT2D eigenvalue weighted by molar-refractivity contribution is -0.924. The molecule has 1 atom stereocenters. The fourth-order valence-corrected chi connectivity index (χ4v) is 5.11. The van der Waals surface area contributed by atoms with Gasteiger partial charge in [-0.05, 0) is 32.4 Å². The summed E-state index contributed by atoms with van der Waals surface area (Å²) in [6.45, 7) is 6.51. The fraction of sp³-hybridized carbons (Fsp3) is 0.444. The second-order valence-corrected chi connectivity index (χ2v) is 10.6. The number of fused-ring (bicyclic) bond motifs is 5. The number of quaternary nitrogens is 1. The Balaban J connectivity index is 1.75. The van der Waals surface area contributed by atoms with Gasteiger partial charge in [-0.15, -0.1) is 0 Å². The van der Waals surface area contributed by atoms with Crippen molar-refractivity contribution in [2.75, 3.05) is 21.2 Å². The number of benzene rings is 1. The van der Waals surface area contributed by atoms with E-state index in [9.17, 15) is 14.7 Å². The monoisotopic (exact) mass is 496 g/mol. The van der Waals surface area contributed by atoms with Crippen LogP contribution in [-0.4, -0.2) is 52.4 Å². The van der Waals surface area contributed by atoms with E-state index in [4.69, 9.17) is 14.5 Å². The topological polar surface area (TPSA) is 90.7 Å². The zero-order valence-corrected chi connectivity index (χ0v) is 21.4. The first-order valence-electron chi connectivity index (χ1n) is 12.1. The lowest BCUT2D eigenvalue weighted by Gasteiger charge is -2.35. The Kier molecular flexibility index (Phi) is 5.50. The normalized spacial score (nSPS) is 18.8. The van der Waals surface area contributed by atoms with Crippen LogP contribution >= 0.6 is 0 Å². The number of nitrogens with zero attached hydrogens (tertiary/aromatic N) is 3. The molecule has 0 spiro atoms. The summed E-state index contributed by atoms with van der Waals surface area (Å²) in [5.41, 5.74) is 1.31. The van der Waals surface area contributed by atoms with Crippen LogP contribution in [0.4, 0.5) is 4.39 Å². The number of methoxy groups -OCH3 is 1. The molecule has 0 amide bonds. The van der Waals surface area contributed by atoms with Crippen molar-refractivity contribution >= 4 is 16.9 Å². The van der Waals surface area contributed by atoms with E-state index in [1.807, 2.05) is 6.07 Å². The molecule has 2 aliphatic rings. The zero-order chi connectivity index (χ0) is 26.2. The molecule has 2 aromatic heterocycles. The number of ether oxygens (including phenoxy) is 2. The smallest absolute Gasteiger partial charge is 0.343 e. The van der Waals surface area contributed by atoms with Crippen LogP contribution < -0.4 is 10.3 Å². The van der Waals surface area contributed by atoms with Crippen molar-refractivity contribution in [3.8, 4) is 17.1 Å². The van der Waals surface area contributed by atoms with E-state index in [0.717, 1.165) is 16.5 Å². The summed E-state index contributed by atoms with van der Waals surface area (Å²) in [5, 5.41) is 11.8. The molecule has 1 N–H and O–H groups in total. The maximum Gasteiger partial charge on any atom is 0.343 e. The Morgan fingerprint density at radius 3 is 2.64 bits per heavy atom. The highest BCUT2D eigenvalue weighted by Crippen LogP contribution is 2.40. The molecule has 190 valence electrons. The van der Waals surface area contributed by atoms with Crippen molar-refractivity contribution in [1.29, 1.82) is 0 Å². The van der Waals surface area contributed by atoms with E-state index in [2.05, 4.69) is 27.9 Å². The van der Waals surface area contributed by atoms with Crippen molar-refractivity contribution in [3.63, 3.8) is 0 Å². The van der Waals surface area contributed by atoms with Gasteiger partial charge in [-0.2, -0.15) is 0 Å². The molecular formula is C27H31FN3O5+. The molecule has 0 saturated heterocycles. The summed E-state index contributed by atoms with van der Waals surface area (Å²) in [5.74, 6) is -1.07. The molecule has 3 aromatic rings. The number of cyclic esters (lactones) is 1. The Morgan fingerprint density at radius 2 is 2.00 bits per heavy atom. The van der Waals surface area contributed by atoms with Crippen LogP contribution in [0.1, 0.15) is 49.4 Å². The van der Waals surface area contributed by atoms with Crippen LogP contribution in [0.2, 0.25) is 0 Å². The lowest BCUT2D eigenvalue weighted by atomic mass is 9.86. The van der Waals surface area contributed by atoms with Crippen molar-refractivity contribution in [1.82, 2.24) is 9.55 Å². The average molecular weight is 497 g/mol. The van der Waals surface area contributed by atoms with Gasteiger partial charge in [0.2, 0.25) is 0 Å². The van der Waals surface area contributed by atoms with Crippen LogP contribution in [0.5, 0.6) is 5.75 Å². The summed E-state index contributed by atoms with van der Waals surface area (Å²) in [4.78, 5) is 30.6. The molecule has 0 bridgehead atoms. The van der Waals surface area contributed by atoms with Crippen LogP contribution in [0.3, 0.4) is 0 Å². The van der Waals surface area contributed by atoms with Gasteiger partial charge in [0.05, 0.1) is 61.8 Å². The zero-order valence-electron chi connectivity index (χ0n) is 21.4. The van der Waals surface area contributed by atoms with Gasteiger partial charge < -0.3 is 23.6 Å². The van der Waals surface area contributed by atoms with E-state index in [1.165, 1.54) is 13.2 Å². The maximum absolute atomic E-state index is 15.2. The van der Waals surface area contributed by atoms with Gasteiger partial charge in [-0.25, -0.2) is 14.2 Å². The van der Waals surface area contributed by atoms with Gasteiger partial charge >= 0.3 is 5.97 Å². The summed E-state index contributed by atoms with van der Waals surface area (Å²) in [6.07, 6.45) is 0.0674. The molecular weight excluding hydrogens is 465 g/mol. The molecule has 0 radical (unpaired) electrons. The standard InChI is InChI=1S/C27H31FN3O5/c1-7-27(34)19-9-22-23-15(11-30(22)25(32)18(19)13-36-26(27)33)8-16-17(12-31(4,5)14(2)3)24(35-6)20(28)10-21(16)29-23/h8-10,14,34H,7,11-13H2,1-6H3/q+1/t27-/m0/s1. The number of hydrogen-bond donors (Lipinski definition) is 1. The van der Waals surface area contributed by atoms with E-state index in [1.54, 1.807) is 17.6 Å². The Labute approximate surface area is 208 Å². The van der Waals surface area contributed by atoms with Crippen LogP contribution in [0, 0.1) is 5.82 Å². The highest BCUT2D eigenvalue weighted by molar-refractivity contribution is 5.89. The van der Waals surface area contributed by atoms with E-state index < -0.39 is 17.4 Å². The SMILES string of the molecule is CC[C@@]1(O)C(=O)OCc2c1cc1n(c2=O)Cc2cc3c(C[N+](C)(C)C(C)C)c(OC)c(F)cc3nc2-1. The number of aromatic nitrogens is 2. The van der Waals surface area contributed by atoms with Crippen LogP contribution in [0.15, 0.2) is 23.0 Å². The number of halogens is 1. The van der Waals surface area contributed by atoms with E-state index in [-0.39, 0.29) is 48.0 Å². The summed E-state index contributed by atoms with van der Waals surface area (Å²) in [7, 11) is 5.63. The third-order valence-corrected chi connectivity index (χ3v) is 7.99. The molecule has 4 heterocycles. The molecule has 0 aliphatic carbocycles. The summed E-state index contributed by atoms with van der Waals surface area (Å²) < 4.78 is 28.0. The van der Waals surface area contributed by atoms with E-state index in [0.29, 0.717) is 27.9 Å². The highest BCUT2D eigenvalue weighted by Gasteiger charge is 2.45. The largest absolute Gasteiger partial charge is 0.493 e. The highest BCUT2D eigenvalue weighted by atomic mass is 19.1. The third kappa shape index (κ3) is 3.37. The van der Waals surface area contributed by atoms with Gasteiger partial charge in [0.15, 0.2) is 17.2 Å². The molecule has 5 rings (SSSR count). The minimum Gasteiger partial charge on any atom is -0.493 e. The van der Waals surface area contributed by atoms with Crippen LogP contribution in [-0.2, 0) is 34.8 Å². The number of esters is 1. The minimum atomic E-state index is -1.89. The van der Waals surface area contributed by atoms with Crippen molar-refractivity contribution in [2.45, 2.75) is 58.5 Å². The number of rotatable bonds is 5. The van der Waals surface area contributed by atoms with Crippen molar-refractivity contribution in [2.24, 2.45) is 0 Å². The van der Waals surface area contributed by atoms with Gasteiger partial charge in [-0.1, -0.05) is 6.92 Å². The molecule has 0 saturated carbocycles. The quantitative estimate of drug-likeness (QED) is 0.337. The predicted octanol–water partition coefficient (Wildman–Crippen LogP) is 3.21. The number of carbonyl (C=O) groups is 1. The molecule has 36 heavy (non-hydrogen) atoms. The van der Waals surface area contributed by atoms with E-state index >= 15 is 4.39 Å². The maximum atomic E-state index is 15.2. The van der Waals surface area contributed by atoms with Gasteiger partial charge in [0.1, 0.15) is 13.2 Å². The molecule has 8 nitrogen and oxygen atoms in total. The second kappa shape index (κ2) is 8.11. The Bertz CT molecular complexity index is 1490. The minimum absolute atomic E-state index is 0.0674. The number of aliphatic hydroxyl groups is 1. The lowest BCUT2D eigenvalue weighted by Crippen LogP contribution is -2.44. The first kappa shape index (κ1) is 24.4. The fourth-order valence-electron chi connectivity index (χ4n) is 5.11. The summed E-state index contributed by atoms with van der Waals surface area (Å²) in [6, 6.07) is 5.25. The van der Waals surface area contributed by atoms with Crippen molar-refractivity contribution in [3.05, 3.63) is 56.6 Å². The summed E-state index contributed by atoms with van der Waals surface area (Å²) >= 11 is 0. The van der Waals surface area contributed by atoms with Crippen LogP contribution in [0.25, 0.3) is 22.3 Å². The Morgan fingerprint density at radius 1 is 1.28 bits per heavy atom. The first-order valence-corrected chi connectivity index (χ1v) is 12.1. The molecule has 9 heteroatoms. The molecule has 1 aromatic carbocycles. The van der Waals surface area contributed by atoms with Gasteiger partial charge in [-0.3, -0.25) is 4.79 Å². The average Bonchev–Trinajstić information content (AvgIpc) is 3.18. The number of pyridine rings is 2. The molecule has 0 unspecified atom stereocenters. The predicted molar refractivity (Wildman–Crippen MR) is 132 cm³/mol. The second-order valence-electron chi connectivity index (χ2n) is 10.6. The first-order chi connectivity index (χ1) is 16.9. The Hall–Kier alpha value is -3.30. The van der Waals surface area contributed by atoms with Gasteiger partial charge in [0.25, 0.3) is 5.56 Å². The third-order valence-electron chi connectivity index (χ3n) is 7.99. The van der Waals surface area contributed by atoms with Crippen molar-refractivity contribution < 1.29 is 28.2 Å².